The molecule has 0 bridgehead atoms. The minimum absolute atomic E-state index is 0.237. The number of nitrogens with zero attached hydrogens (tertiary/aromatic N) is 5. The van der Waals surface area contributed by atoms with E-state index >= 15 is 0 Å². The van der Waals surface area contributed by atoms with Crippen LogP contribution in [-0.4, -0.2) is 37.8 Å². The van der Waals surface area contributed by atoms with Gasteiger partial charge in [-0.2, -0.15) is 9.61 Å². The first-order valence-electron chi connectivity index (χ1n) is 9.91. The molecule has 0 unspecified atom stereocenters. The van der Waals surface area contributed by atoms with Crippen molar-refractivity contribution in [3.8, 4) is 28.5 Å². The van der Waals surface area contributed by atoms with Gasteiger partial charge in [0.25, 0.3) is 5.91 Å². The lowest BCUT2D eigenvalue weighted by Crippen LogP contribution is -2.13. The number of rotatable bonds is 5. The third-order valence-electron chi connectivity index (χ3n) is 4.95. The Balaban J connectivity index is 1.41. The Labute approximate surface area is 183 Å². The van der Waals surface area contributed by atoms with Gasteiger partial charge < -0.3 is 10.1 Å². The highest BCUT2D eigenvalue weighted by Gasteiger charge is 2.13. The molecule has 0 atom stereocenters. The number of carbonyl (C=O) groups is 1. The van der Waals surface area contributed by atoms with Crippen LogP contribution < -0.4 is 10.1 Å². The van der Waals surface area contributed by atoms with Crippen molar-refractivity contribution >= 4 is 17.2 Å². The van der Waals surface area contributed by atoms with Gasteiger partial charge in [-0.3, -0.25) is 9.78 Å². The normalized spacial score (nSPS) is 10.8. The fourth-order valence-electron chi connectivity index (χ4n) is 3.35. The van der Waals surface area contributed by atoms with E-state index in [2.05, 4.69) is 20.5 Å². The standard InChI is InChI=1S/C24H18N6O2/c1-32-21-8-3-2-6-18(21)24(31)26-17-11-9-16(10-12-17)19-13-14-22-27-28-23(30(22)29-19)20-7-4-5-15-25-20/h2-15H,1H3,(H,26,31). The van der Waals surface area contributed by atoms with Gasteiger partial charge in [-0.15, -0.1) is 10.2 Å². The Morgan fingerprint density at radius 3 is 2.47 bits per heavy atom. The van der Waals surface area contributed by atoms with Gasteiger partial charge in [0, 0.05) is 17.4 Å². The highest BCUT2D eigenvalue weighted by Crippen LogP contribution is 2.23. The minimum Gasteiger partial charge on any atom is -0.496 e. The van der Waals surface area contributed by atoms with E-state index in [1.54, 1.807) is 36.0 Å². The maximum atomic E-state index is 12.6. The van der Waals surface area contributed by atoms with Crippen molar-refractivity contribution < 1.29 is 9.53 Å². The predicted molar refractivity (Wildman–Crippen MR) is 120 cm³/mol. The number of pyridine rings is 1. The van der Waals surface area contributed by atoms with E-state index in [1.807, 2.05) is 60.7 Å². The Morgan fingerprint density at radius 2 is 1.69 bits per heavy atom. The molecule has 0 saturated heterocycles. The van der Waals surface area contributed by atoms with Crippen LogP contribution in [-0.2, 0) is 0 Å². The number of amides is 1. The molecule has 3 heterocycles. The van der Waals surface area contributed by atoms with Gasteiger partial charge in [0.15, 0.2) is 5.65 Å². The molecule has 3 aromatic heterocycles. The number of aromatic nitrogens is 5. The number of para-hydroxylation sites is 1. The van der Waals surface area contributed by atoms with Crippen LogP contribution in [0.1, 0.15) is 10.4 Å². The molecule has 5 rings (SSSR count). The molecule has 32 heavy (non-hydrogen) atoms. The molecule has 0 spiro atoms. The number of nitrogens with one attached hydrogen (secondary N) is 1. The number of ether oxygens (including phenoxy) is 1. The summed E-state index contributed by atoms with van der Waals surface area (Å²) in [5.74, 6) is 0.860. The maximum absolute atomic E-state index is 12.6. The van der Waals surface area contributed by atoms with E-state index in [0.29, 0.717) is 34.2 Å². The largest absolute Gasteiger partial charge is 0.496 e. The molecular formula is C24H18N6O2. The molecule has 2 aromatic carbocycles. The summed E-state index contributed by atoms with van der Waals surface area (Å²) in [6.45, 7) is 0. The van der Waals surface area contributed by atoms with Gasteiger partial charge >= 0.3 is 0 Å². The third kappa shape index (κ3) is 3.65. The first-order valence-corrected chi connectivity index (χ1v) is 9.91. The monoisotopic (exact) mass is 422 g/mol. The number of hydrogen-bond acceptors (Lipinski definition) is 6. The zero-order valence-electron chi connectivity index (χ0n) is 17.1. The topological polar surface area (TPSA) is 94.3 Å². The molecule has 1 N–H and O–H groups in total. The Morgan fingerprint density at radius 1 is 0.875 bits per heavy atom. The number of hydrogen-bond donors (Lipinski definition) is 1. The van der Waals surface area contributed by atoms with Crippen LogP contribution in [0.25, 0.3) is 28.4 Å². The second-order valence-electron chi connectivity index (χ2n) is 6.96. The average molecular weight is 422 g/mol. The van der Waals surface area contributed by atoms with Crippen LogP contribution in [0.4, 0.5) is 5.69 Å². The zero-order chi connectivity index (χ0) is 21.9. The Hall–Kier alpha value is -4.59. The molecule has 0 aliphatic heterocycles. The molecule has 5 aromatic rings. The van der Waals surface area contributed by atoms with Crippen molar-refractivity contribution in [2.24, 2.45) is 0 Å². The van der Waals surface area contributed by atoms with Crippen LogP contribution in [0.3, 0.4) is 0 Å². The second kappa shape index (κ2) is 8.27. The highest BCUT2D eigenvalue weighted by atomic mass is 16.5. The fourth-order valence-corrected chi connectivity index (χ4v) is 3.35. The summed E-state index contributed by atoms with van der Waals surface area (Å²) in [6.07, 6.45) is 1.71. The second-order valence-corrected chi connectivity index (χ2v) is 6.96. The van der Waals surface area contributed by atoms with Gasteiger partial charge in [-0.05, 0) is 48.5 Å². The van der Waals surface area contributed by atoms with Crippen molar-refractivity contribution in [1.29, 1.82) is 0 Å². The number of carbonyl (C=O) groups excluding carboxylic acids is 1. The summed E-state index contributed by atoms with van der Waals surface area (Å²) >= 11 is 0. The molecule has 0 aliphatic rings. The smallest absolute Gasteiger partial charge is 0.259 e. The molecule has 0 aliphatic carbocycles. The van der Waals surface area contributed by atoms with Crippen molar-refractivity contribution in [3.63, 3.8) is 0 Å². The van der Waals surface area contributed by atoms with E-state index in [1.165, 1.54) is 0 Å². The highest BCUT2D eigenvalue weighted by molar-refractivity contribution is 6.06. The Bertz CT molecular complexity index is 1400. The molecule has 8 nitrogen and oxygen atoms in total. The summed E-state index contributed by atoms with van der Waals surface area (Å²) in [7, 11) is 1.54. The number of anilines is 1. The van der Waals surface area contributed by atoms with Crippen LogP contribution >= 0.6 is 0 Å². The van der Waals surface area contributed by atoms with Gasteiger partial charge in [0.2, 0.25) is 5.82 Å². The average Bonchev–Trinajstić information content (AvgIpc) is 3.28. The number of benzene rings is 2. The van der Waals surface area contributed by atoms with Crippen molar-refractivity contribution in [2.75, 3.05) is 12.4 Å². The molecule has 0 fully saturated rings. The summed E-state index contributed by atoms with van der Waals surface area (Å²) in [5, 5.41) is 16.0. The van der Waals surface area contributed by atoms with E-state index in [0.717, 1.165) is 11.3 Å². The van der Waals surface area contributed by atoms with Crippen LogP contribution in [0.2, 0.25) is 0 Å². The van der Waals surface area contributed by atoms with Gasteiger partial charge in [-0.25, -0.2) is 0 Å². The molecule has 1 amide bonds. The summed E-state index contributed by atoms with van der Waals surface area (Å²) < 4.78 is 6.94. The van der Waals surface area contributed by atoms with Crippen LogP contribution in [0.5, 0.6) is 5.75 Å². The van der Waals surface area contributed by atoms with Crippen molar-refractivity contribution in [2.45, 2.75) is 0 Å². The van der Waals surface area contributed by atoms with E-state index in [-0.39, 0.29) is 5.91 Å². The lowest BCUT2D eigenvalue weighted by Gasteiger charge is -2.10. The molecule has 0 saturated carbocycles. The van der Waals surface area contributed by atoms with Crippen LogP contribution in [0.15, 0.2) is 85.1 Å². The zero-order valence-corrected chi connectivity index (χ0v) is 17.1. The summed E-state index contributed by atoms with van der Waals surface area (Å²) in [4.78, 5) is 16.9. The van der Waals surface area contributed by atoms with Gasteiger partial charge in [0.05, 0.1) is 18.4 Å². The van der Waals surface area contributed by atoms with E-state index in [9.17, 15) is 4.79 Å². The lowest BCUT2D eigenvalue weighted by molar-refractivity contribution is 0.102. The van der Waals surface area contributed by atoms with Crippen molar-refractivity contribution in [1.82, 2.24) is 24.8 Å². The number of fused-ring (bicyclic) bond motifs is 1. The molecule has 8 heteroatoms. The van der Waals surface area contributed by atoms with Crippen molar-refractivity contribution in [3.05, 3.63) is 90.6 Å². The quantitative estimate of drug-likeness (QED) is 0.458. The first-order chi connectivity index (χ1) is 15.7. The molecular weight excluding hydrogens is 404 g/mol. The molecule has 0 radical (unpaired) electrons. The summed E-state index contributed by atoms with van der Waals surface area (Å²) in [6, 6.07) is 23.9. The third-order valence-corrected chi connectivity index (χ3v) is 4.95. The Kier molecular flexibility index (Phi) is 5.01. The predicted octanol–water partition coefficient (Wildman–Crippen LogP) is 4.11. The molecule has 156 valence electrons. The lowest BCUT2D eigenvalue weighted by atomic mass is 10.1. The first kappa shape index (κ1) is 19.4. The summed E-state index contributed by atoms with van der Waals surface area (Å²) in [5.41, 5.74) is 4.11. The van der Waals surface area contributed by atoms with E-state index < -0.39 is 0 Å². The fraction of sp³-hybridized carbons (Fsp3) is 0.0417. The van der Waals surface area contributed by atoms with Gasteiger partial charge in [-0.1, -0.05) is 30.3 Å². The maximum Gasteiger partial charge on any atom is 0.259 e. The van der Waals surface area contributed by atoms with Gasteiger partial charge in [0.1, 0.15) is 11.4 Å². The minimum atomic E-state index is -0.237. The van der Waals surface area contributed by atoms with Crippen LogP contribution in [0, 0.1) is 0 Å². The number of methoxy groups -OCH3 is 1. The van der Waals surface area contributed by atoms with E-state index in [4.69, 9.17) is 9.84 Å². The SMILES string of the molecule is COc1ccccc1C(=O)Nc1ccc(-c2ccc3nnc(-c4ccccn4)n3n2)cc1.